The van der Waals surface area contributed by atoms with Crippen LogP contribution in [-0.4, -0.2) is 42.3 Å². The van der Waals surface area contributed by atoms with Crippen molar-refractivity contribution in [3.05, 3.63) is 18.2 Å². The summed E-state index contributed by atoms with van der Waals surface area (Å²) < 4.78 is 9.91. The quantitative estimate of drug-likeness (QED) is 0.846. The third-order valence-electron chi connectivity index (χ3n) is 2.43. The normalized spacial score (nSPS) is 16.7. The van der Waals surface area contributed by atoms with Gasteiger partial charge in [-0.3, -0.25) is 0 Å². The molecule has 0 bridgehead atoms. The van der Waals surface area contributed by atoms with Crippen LogP contribution in [0.25, 0.3) is 0 Å². The summed E-state index contributed by atoms with van der Waals surface area (Å²) in [6.45, 7) is 2.82. The molecule has 1 aliphatic rings. The molecule has 2 heterocycles. The van der Waals surface area contributed by atoms with E-state index < -0.39 is 6.09 Å². The molecule has 1 amide bonds. The predicted octanol–water partition coefficient (Wildman–Crippen LogP) is 2.16. The van der Waals surface area contributed by atoms with Gasteiger partial charge in [-0.15, -0.1) is 0 Å². The second-order valence-corrected chi connectivity index (χ2v) is 4.69. The van der Waals surface area contributed by atoms with Gasteiger partial charge < -0.3 is 14.4 Å². The third-order valence-corrected chi connectivity index (χ3v) is 3.38. The molecule has 19 heavy (non-hydrogen) atoms. The first-order valence-electron chi connectivity index (χ1n) is 5.91. The Morgan fingerprint density at radius 1 is 1.58 bits per heavy atom. The minimum Gasteiger partial charge on any atom is -0.481 e. The van der Waals surface area contributed by atoms with Gasteiger partial charge in [0.2, 0.25) is 5.88 Å². The van der Waals surface area contributed by atoms with Crippen LogP contribution in [0.4, 0.5) is 10.6 Å². The van der Waals surface area contributed by atoms with Gasteiger partial charge in [-0.2, -0.15) is 9.98 Å². The average Bonchev–Trinajstić information content (AvgIpc) is 2.87. The molecule has 6 nitrogen and oxygen atoms in total. The Balaban J connectivity index is 2.20. The SMILES string of the molecule is CCOC(=O)N=C1SCCN1c1cccc(OC)n1. The number of amidine groups is 1. The molecular formula is C12H15N3O3S. The molecule has 102 valence electrons. The van der Waals surface area contributed by atoms with Gasteiger partial charge in [0.05, 0.1) is 13.7 Å². The number of pyridine rings is 1. The Morgan fingerprint density at radius 3 is 3.16 bits per heavy atom. The number of thioether (sulfide) groups is 1. The van der Waals surface area contributed by atoms with E-state index in [0.29, 0.717) is 23.5 Å². The largest absolute Gasteiger partial charge is 0.481 e. The van der Waals surface area contributed by atoms with Gasteiger partial charge in [0.25, 0.3) is 0 Å². The number of hydrogen-bond donors (Lipinski definition) is 0. The van der Waals surface area contributed by atoms with Crippen molar-refractivity contribution in [2.24, 2.45) is 4.99 Å². The molecule has 0 aromatic carbocycles. The van der Waals surface area contributed by atoms with Gasteiger partial charge in [0.15, 0.2) is 5.17 Å². The maximum absolute atomic E-state index is 11.4. The molecule has 1 aliphatic heterocycles. The van der Waals surface area contributed by atoms with Crippen LogP contribution < -0.4 is 9.64 Å². The van der Waals surface area contributed by atoms with Crippen molar-refractivity contribution in [3.8, 4) is 5.88 Å². The van der Waals surface area contributed by atoms with Gasteiger partial charge >= 0.3 is 6.09 Å². The van der Waals surface area contributed by atoms with E-state index in [1.54, 1.807) is 20.1 Å². The number of carbonyl (C=O) groups excluding carboxylic acids is 1. The van der Waals surface area contributed by atoms with E-state index in [1.807, 2.05) is 17.0 Å². The Labute approximate surface area is 115 Å². The predicted molar refractivity (Wildman–Crippen MR) is 75.1 cm³/mol. The minimum absolute atomic E-state index is 0.317. The summed E-state index contributed by atoms with van der Waals surface area (Å²) in [5.74, 6) is 2.11. The van der Waals surface area contributed by atoms with Crippen molar-refractivity contribution in [2.75, 3.05) is 30.9 Å². The lowest BCUT2D eigenvalue weighted by molar-refractivity contribution is 0.163. The highest BCUT2D eigenvalue weighted by atomic mass is 32.2. The van der Waals surface area contributed by atoms with Crippen molar-refractivity contribution in [2.45, 2.75) is 6.92 Å². The Hall–Kier alpha value is -1.76. The molecule has 1 aromatic rings. The Morgan fingerprint density at radius 2 is 2.42 bits per heavy atom. The number of nitrogens with zero attached hydrogens (tertiary/aromatic N) is 3. The summed E-state index contributed by atoms with van der Waals surface area (Å²) >= 11 is 1.51. The molecule has 0 unspecified atom stereocenters. The zero-order chi connectivity index (χ0) is 13.7. The fourth-order valence-corrected chi connectivity index (χ4v) is 2.54. The molecule has 0 atom stereocenters. The van der Waals surface area contributed by atoms with Crippen LogP contribution in [0, 0.1) is 0 Å². The molecule has 0 saturated carbocycles. The molecule has 7 heteroatoms. The van der Waals surface area contributed by atoms with E-state index in [4.69, 9.17) is 9.47 Å². The van der Waals surface area contributed by atoms with Crippen LogP contribution in [0.3, 0.4) is 0 Å². The standard InChI is InChI=1S/C12H15N3O3S/c1-3-18-12(16)14-11-15(7-8-19-11)9-5-4-6-10(13-9)17-2/h4-6H,3,7-8H2,1-2H3. The van der Waals surface area contributed by atoms with Crippen molar-refractivity contribution in [1.82, 2.24) is 4.98 Å². The van der Waals surface area contributed by atoms with Crippen LogP contribution in [-0.2, 0) is 4.74 Å². The summed E-state index contributed by atoms with van der Waals surface area (Å²) in [6, 6.07) is 5.48. The molecule has 1 fully saturated rings. The molecular weight excluding hydrogens is 266 g/mol. The highest BCUT2D eigenvalue weighted by Crippen LogP contribution is 2.25. The van der Waals surface area contributed by atoms with Gasteiger partial charge in [0, 0.05) is 18.4 Å². The fourth-order valence-electron chi connectivity index (χ4n) is 1.61. The smallest absolute Gasteiger partial charge is 0.436 e. The minimum atomic E-state index is -0.570. The van der Waals surface area contributed by atoms with Crippen molar-refractivity contribution >= 4 is 28.8 Å². The lowest BCUT2D eigenvalue weighted by Gasteiger charge is -2.16. The van der Waals surface area contributed by atoms with Gasteiger partial charge in [-0.05, 0) is 13.0 Å². The Bertz CT molecular complexity index is 493. The summed E-state index contributed by atoms with van der Waals surface area (Å²) in [4.78, 5) is 21.6. The molecule has 0 N–H and O–H groups in total. The van der Waals surface area contributed by atoms with Crippen LogP contribution >= 0.6 is 11.8 Å². The zero-order valence-corrected chi connectivity index (χ0v) is 11.6. The molecule has 1 saturated heterocycles. The van der Waals surface area contributed by atoms with Crippen molar-refractivity contribution in [3.63, 3.8) is 0 Å². The van der Waals surface area contributed by atoms with Crippen molar-refractivity contribution < 1.29 is 14.3 Å². The molecule has 0 aliphatic carbocycles. The Kier molecular flexibility index (Phi) is 4.62. The van der Waals surface area contributed by atoms with E-state index in [9.17, 15) is 4.79 Å². The highest BCUT2D eigenvalue weighted by Gasteiger charge is 2.23. The molecule has 1 aromatic heterocycles. The number of carbonyl (C=O) groups is 1. The van der Waals surface area contributed by atoms with Gasteiger partial charge in [-0.1, -0.05) is 17.8 Å². The van der Waals surface area contributed by atoms with E-state index in [1.165, 1.54) is 11.8 Å². The highest BCUT2D eigenvalue weighted by molar-refractivity contribution is 8.14. The number of anilines is 1. The van der Waals surface area contributed by atoms with Crippen LogP contribution in [0.5, 0.6) is 5.88 Å². The van der Waals surface area contributed by atoms with E-state index in [0.717, 1.165) is 12.3 Å². The van der Waals surface area contributed by atoms with Gasteiger partial charge in [0.1, 0.15) is 5.82 Å². The van der Waals surface area contributed by atoms with E-state index in [-0.39, 0.29) is 0 Å². The summed E-state index contributed by atoms with van der Waals surface area (Å²) in [5, 5.41) is 0.610. The summed E-state index contributed by atoms with van der Waals surface area (Å²) in [6.07, 6.45) is -0.570. The number of hydrogen-bond acceptors (Lipinski definition) is 5. The monoisotopic (exact) mass is 281 g/mol. The second-order valence-electron chi connectivity index (χ2n) is 3.63. The number of amides is 1. The zero-order valence-electron chi connectivity index (χ0n) is 10.8. The number of aromatic nitrogens is 1. The average molecular weight is 281 g/mol. The number of methoxy groups -OCH3 is 1. The molecule has 2 rings (SSSR count). The van der Waals surface area contributed by atoms with E-state index in [2.05, 4.69) is 9.98 Å². The van der Waals surface area contributed by atoms with Gasteiger partial charge in [-0.25, -0.2) is 4.79 Å². The lowest BCUT2D eigenvalue weighted by Crippen LogP contribution is -2.25. The molecule has 0 spiro atoms. The number of rotatable bonds is 3. The van der Waals surface area contributed by atoms with Crippen molar-refractivity contribution in [1.29, 1.82) is 0 Å². The topological polar surface area (TPSA) is 64.0 Å². The summed E-state index contributed by atoms with van der Waals surface area (Å²) in [7, 11) is 1.57. The number of ether oxygens (including phenoxy) is 2. The lowest BCUT2D eigenvalue weighted by atomic mass is 10.4. The maximum Gasteiger partial charge on any atom is 0.436 e. The second kappa shape index (κ2) is 6.42. The van der Waals surface area contributed by atoms with Crippen LogP contribution in [0.15, 0.2) is 23.2 Å². The summed E-state index contributed by atoms with van der Waals surface area (Å²) in [5.41, 5.74) is 0. The molecule has 0 radical (unpaired) electrons. The van der Waals surface area contributed by atoms with E-state index >= 15 is 0 Å². The maximum atomic E-state index is 11.4. The first-order valence-corrected chi connectivity index (χ1v) is 6.90. The van der Waals surface area contributed by atoms with Crippen LogP contribution in [0.1, 0.15) is 6.92 Å². The first-order chi connectivity index (χ1) is 9.24. The van der Waals surface area contributed by atoms with Crippen LogP contribution in [0.2, 0.25) is 0 Å². The first kappa shape index (κ1) is 13.7. The fraction of sp³-hybridized carbons (Fsp3) is 0.417. The number of aliphatic imine (C=N–C) groups is 1. The third kappa shape index (κ3) is 3.37.